The summed E-state index contributed by atoms with van der Waals surface area (Å²) in [5, 5.41) is 0.894. The lowest BCUT2D eigenvalue weighted by atomic mass is 10.1. The Hall–Kier alpha value is -2.64. The van der Waals surface area contributed by atoms with E-state index < -0.39 is 10.0 Å². The number of para-hydroxylation sites is 1. The Labute approximate surface area is 164 Å². The minimum absolute atomic E-state index is 0.0346. The molecule has 0 saturated carbocycles. The van der Waals surface area contributed by atoms with E-state index in [-0.39, 0.29) is 11.9 Å². The van der Waals surface area contributed by atoms with Gasteiger partial charge in [-0.25, -0.2) is 8.42 Å². The molecule has 7 heteroatoms. The highest BCUT2D eigenvalue weighted by atomic mass is 32.2. The highest BCUT2D eigenvalue weighted by molar-refractivity contribution is 7.92. The molecule has 1 atom stereocenters. The van der Waals surface area contributed by atoms with Crippen molar-refractivity contribution in [1.82, 2.24) is 4.98 Å². The van der Waals surface area contributed by atoms with E-state index in [1.165, 1.54) is 0 Å². The second kappa shape index (κ2) is 8.16. The maximum Gasteiger partial charge on any atom is 0.235 e. The summed E-state index contributed by atoms with van der Waals surface area (Å²) in [6.45, 7) is 0.628. The molecule has 1 aromatic heterocycles. The maximum atomic E-state index is 12.5. The lowest BCUT2D eigenvalue weighted by molar-refractivity contribution is 0.0306. The van der Waals surface area contributed by atoms with Crippen LogP contribution in [0.3, 0.4) is 0 Å². The number of pyridine rings is 1. The first kappa shape index (κ1) is 18.7. The van der Waals surface area contributed by atoms with Crippen LogP contribution in [0.25, 0.3) is 10.9 Å². The third-order valence-electron chi connectivity index (χ3n) is 4.62. The van der Waals surface area contributed by atoms with Crippen molar-refractivity contribution in [1.29, 1.82) is 0 Å². The Morgan fingerprint density at radius 2 is 2.00 bits per heavy atom. The van der Waals surface area contributed by atoms with Crippen LogP contribution in [-0.2, 0) is 14.8 Å². The Morgan fingerprint density at radius 3 is 2.86 bits per heavy atom. The Bertz CT molecular complexity index is 1060. The summed E-state index contributed by atoms with van der Waals surface area (Å²) in [7, 11) is -3.50. The summed E-state index contributed by atoms with van der Waals surface area (Å²) < 4.78 is 39.1. The van der Waals surface area contributed by atoms with E-state index in [2.05, 4.69) is 9.71 Å². The van der Waals surface area contributed by atoms with Crippen LogP contribution in [0, 0.1) is 0 Å². The van der Waals surface area contributed by atoms with Gasteiger partial charge in [-0.15, -0.1) is 0 Å². The number of hydrogen-bond donors (Lipinski definition) is 1. The summed E-state index contributed by atoms with van der Waals surface area (Å²) in [6, 6.07) is 16.4. The predicted octanol–water partition coefficient (Wildman–Crippen LogP) is 4.34. The third-order valence-corrected chi connectivity index (χ3v) is 5.98. The average molecular weight is 398 g/mol. The summed E-state index contributed by atoms with van der Waals surface area (Å²) in [5.74, 6) is 1.18. The van der Waals surface area contributed by atoms with Crippen molar-refractivity contribution in [2.24, 2.45) is 0 Å². The lowest BCUT2D eigenvalue weighted by Gasteiger charge is -2.22. The van der Waals surface area contributed by atoms with Crippen molar-refractivity contribution in [3.63, 3.8) is 0 Å². The molecule has 1 saturated heterocycles. The van der Waals surface area contributed by atoms with Gasteiger partial charge in [0, 0.05) is 24.3 Å². The van der Waals surface area contributed by atoms with E-state index in [4.69, 9.17) is 9.47 Å². The van der Waals surface area contributed by atoms with E-state index in [9.17, 15) is 8.42 Å². The molecular formula is C21H22N2O4S. The monoisotopic (exact) mass is 398 g/mol. The first-order valence-electron chi connectivity index (χ1n) is 9.33. The van der Waals surface area contributed by atoms with E-state index in [0.717, 1.165) is 30.2 Å². The SMILES string of the molecule is O=S(=O)(C[C@@H]1CCCCO1)Nc1cccc(Oc2ccnc3ccccc23)c1. The fraction of sp³-hybridized carbons (Fsp3) is 0.286. The third kappa shape index (κ3) is 4.61. The topological polar surface area (TPSA) is 77.5 Å². The minimum Gasteiger partial charge on any atom is -0.457 e. The van der Waals surface area contributed by atoms with Gasteiger partial charge in [0.2, 0.25) is 10.0 Å². The van der Waals surface area contributed by atoms with Crippen LogP contribution < -0.4 is 9.46 Å². The van der Waals surface area contributed by atoms with Crippen molar-refractivity contribution in [2.45, 2.75) is 25.4 Å². The highest BCUT2D eigenvalue weighted by Crippen LogP contribution is 2.30. The second-order valence-corrected chi connectivity index (χ2v) is 8.60. The zero-order valence-corrected chi connectivity index (χ0v) is 16.2. The number of anilines is 1. The normalized spacial score (nSPS) is 17.4. The van der Waals surface area contributed by atoms with Gasteiger partial charge in [-0.3, -0.25) is 9.71 Å². The van der Waals surface area contributed by atoms with Gasteiger partial charge in [-0.2, -0.15) is 0 Å². The van der Waals surface area contributed by atoms with E-state index in [0.29, 0.717) is 23.8 Å². The zero-order valence-electron chi connectivity index (χ0n) is 15.4. The van der Waals surface area contributed by atoms with Crippen LogP contribution in [-0.4, -0.2) is 31.9 Å². The lowest BCUT2D eigenvalue weighted by Crippen LogP contribution is -2.30. The van der Waals surface area contributed by atoms with Gasteiger partial charge in [-0.1, -0.05) is 18.2 Å². The molecule has 146 valence electrons. The van der Waals surface area contributed by atoms with Gasteiger partial charge in [0.05, 0.1) is 23.1 Å². The predicted molar refractivity (Wildman–Crippen MR) is 109 cm³/mol. The Kier molecular flexibility index (Phi) is 5.45. The van der Waals surface area contributed by atoms with Crippen LogP contribution in [0.5, 0.6) is 11.5 Å². The number of benzene rings is 2. The Balaban J connectivity index is 1.49. The fourth-order valence-electron chi connectivity index (χ4n) is 3.31. The molecular weight excluding hydrogens is 376 g/mol. The summed E-state index contributed by atoms with van der Waals surface area (Å²) >= 11 is 0. The number of sulfonamides is 1. The van der Waals surface area contributed by atoms with E-state index >= 15 is 0 Å². The standard InChI is InChI=1S/C21H22N2O4S/c24-28(25,15-18-7-3-4-13-26-18)23-16-6-5-8-17(14-16)27-21-11-12-22-20-10-2-1-9-19(20)21/h1-2,5-6,8-12,14,18,23H,3-4,7,13,15H2/t18-/m0/s1. The number of hydrogen-bond acceptors (Lipinski definition) is 5. The first-order valence-corrected chi connectivity index (χ1v) is 11.0. The molecule has 0 radical (unpaired) electrons. The zero-order chi connectivity index (χ0) is 19.4. The Morgan fingerprint density at radius 1 is 1.11 bits per heavy atom. The summed E-state index contributed by atoms with van der Waals surface area (Å²) in [4.78, 5) is 4.32. The number of nitrogens with one attached hydrogen (secondary N) is 1. The molecule has 0 spiro atoms. The van der Waals surface area contributed by atoms with Crippen molar-refractivity contribution in [2.75, 3.05) is 17.1 Å². The van der Waals surface area contributed by atoms with Crippen LogP contribution in [0.2, 0.25) is 0 Å². The minimum atomic E-state index is -3.50. The number of rotatable bonds is 6. The van der Waals surface area contributed by atoms with Gasteiger partial charge < -0.3 is 9.47 Å². The van der Waals surface area contributed by atoms with Gasteiger partial charge >= 0.3 is 0 Å². The molecule has 0 amide bonds. The van der Waals surface area contributed by atoms with Crippen LogP contribution in [0.4, 0.5) is 5.69 Å². The van der Waals surface area contributed by atoms with Crippen LogP contribution >= 0.6 is 0 Å². The fourth-order valence-corrected chi connectivity index (χ4v) is 4.64. The molecule has 0 unspecified atom stereocenters. The number of nitrogens with zero attached hydrogens (tertiary/aromatic N) is 1. The van der Waals surface area contributed by atoms with E-state index in [1.54, 1.807) is 36.5 Å². The van der Waals surface area contributed by atoms with Crippen molar-refractivity contribution in [3.05, 3.63) is 60.8 Å². The average Bonchev–Trinajstić information content (AvgIpc) is 2.68. The van der Waals surface area contributed by atoms with Gasteiger partial charge in [-0.05, 0) is 49.6 Å². The molecule has 0 bridgehead atoms. The molecule has 1 aliphatic heterocycles. The van der Waals surface area contributed by atoms with Crippen molar-refractivity contribution >= 4 is 26.6 Å². The van der Waals surface area contributed by atoms with Crippen molar-refractivity contribution < 1.29 is 17.9 Å². The molecule has 2 aromatic carbocycles. The summed E-state index contributed by atoms with van der Waals surface area (Å²) in [5.41, 5.74) is 1.30. The molecule has 4 rings (SSSR count). The second-order valence-electron chi connectivity index (χ2n) is 6.83. The molecule has 0 aliphatic carbocycles. The van der Waals surface area contributed by atoms with Gasteiger partial charge in [0.15, 0.2) is 0 Å². The first-order chi connectivity index (χ1) is 13.6. The van der Waals surface area contributed by atoms with Crippen LogP contribution in [0.1, 0.15) is 19.3 Å². The maximum absolute atomic E-state index is 12.5. The number of aromatic nitrogens is 1. The van der Waals surface area contributed by atoms with Gasteiger partial charge in [0.25, 0.3) is 0 Å². The quantitative estimate of drug-likeness (QED) is 0.668. The molecule has 1 N–H and O–H groups in total. The van der Waals surface area contributed by atoms with Gasteiger partial charge in [0.1, 0.15) is 11.5 Å². The largest absolute Gasteiger partial charge is 0.457 e. The summed E-state index contributed by atoms with van der Waals surface area (Å²) in [6.07, 6.45) is 4.22. The van der Waals surface area contributed by atoms with Crippen LogP contribution in [0.15, 0.2) is 60.8 Å². The highest BCUT2D eigenvalue weighted by Gasteiger charge is 2.22. The number of fused-ring (bicyclic) bond motifs is 1. The van der Waals surface area contributed by atoms with Crippen molar-refractivity contribution in [3.8, 4) is 11.5 Å². The molecule has 1 fully saturated rings. The van der Waals surface area contributed by atoms with E-state index in [1.807, 2.05) is 24.3 Å². The smallest absolute Gasteiger partial charge is 0.235 e. The molecule has 28 heavy (non-hydrogen) atoms. The number of ether oxygens (including phenoxy) is 2. The molecule has 6 nitrogen and oxygen atoms in total. The molecule has 1 aliphatic rings. The molecule has 2 heterocycles. The molecule has 3 aromatic rings.